The van der Waals surface area contributed by atoms with Crippen molar-refractivity contribution < 1.29 is 24.2 Å². The molecule has 3 aromatic heterocycles. The van der Waals surface area contributed by atoms with Gasteiger partial charge in [-0.15, -0.1) is 41.3 Å². The van der Waals surface area contributed by atoms with Gasteiger partial charge >= 0.3 is 0 Å². The van der Waals surface area contributed by atoms with Crippen LogP contribution in [0.5, 0.6) is 0 Å². The molecule has 0 aliphatic carbocycles. The van der Waals surface area contributed by atoms with Gasteiger partial charge in [0, 0.05) is 41.5 Å². The van der Waals surface area contributed by atoms with Crippen molar-refractivity contribution in [2.24, 2.45) is 0 Å². The van der Waals surface area contributed by atoms with E-state index in [-0.39, 0.29) is 25.7 Å². The zero-order valence-electron chi connectivity index (χ0n) is 34.9. The van der Waals surface area contributed by atoms with E-state index in [0.29, 0.717) is 0 Å². The minimum absolute atomic E-state index is 0. The van der Waals surface area contributed by atoms with Gasteiger partial charge < -0.3 is 9.55 Å². The Kier molecular flexibility index (Phi) is 10.3. The molecule has 58 heavy (non-hydrogen) atoms. The van der Waals surface area contributed by atoms with Gasteiger partial charge in [-0.2, -0.15) is 0 Å². The molecule has 1 radical (unpaired) electrons. The Morgan fingerprint density at radius 3 is 1.97 bits per heavy atom. The van der Waals surface area contributed by atoms with E-state index in [9.17, 15) is 0 Å². The van der Waals surface area contributed by atoms with Crippen molar-refractivity contribution in [3.05, 3.63) is 210 Å². The summed E-state index contributed by atoms with van der Waals surface area (Å²) >= 11 is 1.66. The first-order valence-corrected chi connectivity index (χ1v) is 19.7. The van der Waals surface area contributed by atoms with E-state index in [4.69, 9.17) is 9.10 Å². The summed E-state index contributed by atoms with van der Waals surface area (Å²) in [6, 6.07) is 63.5. The molecular weight excluding hydrogens is 903 g/mol. The van der Waals surface area contributed by atoms with Crippen LogP contribution in [0.3, 0.4) is 0 Å². The summed E-state index contributed by atoms with van der Waals surface area (Å²) in [5, 5.41) is 4.86. The monoisotopic (exact) mass is 945 g/mol. The first kappa shape index (κ1) is 35.0. The van der Waals surface area contributed by atoms with Crippen molar-refractivity contribution in [3.63, 3.8) is 0 Å². The number of hydrogen-bond donors (Lipinski definition) is 0. The van der Waals surface area contributed by atoms with Crippen LogP contribution in [-0.2, 0) is 20.1 Å². The second-order valence-electron chi connectivity index (χ2n) is 14.0. The van der Waals surface area contributed by atoms with Crippen LogP contribution in [0.1, 0.15) is 20.8 Å². The first-order valence-electron chi connectivity index (χ1n) is 20.4. The fourth-order valence-corrected chi connectivity index (χ4v) is 8.40. The number of imidazole rings is 1. The zero-order valence-corrected chi connectivity index (χ0v) is 35.1. The maximum atomic E-state index is 7.23. The average Bonchev–Trinajstić information content (AvgIpc) is 3.88. The van der Waals surface area contributed by atoms with Crippen molar-refractivity contribution >= 4 is 32.5 Å². The normalized spacial score (nSPS) is 11.9. The summed E-state index contributed by atoms with van der Waals surface area (Å²) < 4.78 is 25.3. The van der Waals surface area contributed by atoms with Crippen LogP contribution in [0.2, 0.25) is 0 Å². The van der Waals surface area contributed by atoms with E-state index >= 15 is 0 Å². The Hall–Kier alpha value is -6.23. The van der Waals surface area contributed by atoms with Gasteiger partial charge in [-0.3, -0.25) is 16.3 Å². The molecule has 0 aliphatic rings. The molecule has 0 aliphatic heterocycles. The van der Waals surface area contributed by atoms with E-state index in [1.807, 2.05) is 18.2 Å². The molecule has 3 nitrogen and oxygen atoms in total. The van der Waals surface area contributed by atoms with Gasteiger partial charge in [0.1, 0.15) is 0 Å². The number of para-hydroxylation sites is 3. The molecule has 10 aromatic rings. The van der Waals surface area contributed by atoms with Crippen LogP contribution in [0.25, 0.3) is 82.8 Å². The van der Waals surface area contributed by atoms with Crippen LogP contribution in [0.15, 0.2) is 182 Å². The van der Waals surface area contributed by atoms with Gasteiger partial charge in [-0.25, -0.2) is 0 Å². The topological polar surface area (TPSA) is 30.7 Å². The van der Waals surface area contributed by atoms with Crippen LogP contribution >= 0.6 is 11.3 Å². The maximum Gasteiger partial charge on any atom is 0.0774 e. The third kappa shape index (κ3) is 7.60. The molecule has 283 valence electrons. The molecule has 3 heterocycles. The fourth-order valence-electron chi connectivity index (χ4n) is 7.58. The summed E-state index contributed by atoms with van der Waals surface area (Å²) in [4.78, 5) is 9.45. The maximum absolute atomic E-state index is 7.23. The second kappa shape index (κ2) is 17.1. The van der Waals surface area contributed by atoms with Crippen molar-refractivity contribution in [1.29, 1.82) is 0 Å². The minimum Gasteiger partial charge on any atom is -0.332 e. The quantitative estimate of drug-likeness (QED) is 0.156. The Morgan fingerprint density at radius 2 is 1.31 bits per heavy atom. The average molecular weight is 945 g/mol. The van der Waals surface area contributed by atoms with E-state index in [1.165, 1.54) is 49.7 Å². The second-order valence-corrected chi connectivity index (χ2v) is 14.8. The third-order valence-electron chi connectivity index (χ3n) is 10.2. The predicted molar refractivity (Wildman–Crippen MR) is 240 cm³/mol. The van der Waals surface area contributed by atoms with Gasteiger partial charge in [0.2, 0.25) is 0 Å². The number of rotatable bonds is 6. The molecule has 0 saturated carbocycles. The molecule has 0 atom stereocenters. The van der Waals surface area contributed by atoms with Crippen molar-refractivity contribution in [2.45, 2.75) is 20.7 Å². The number of benzene rings is 7. The van der Waals surface area contributed by atoms with Crippen molar-refractivity contribution in [2.75, 3.05) is 0 Å². The summed E-state index contributed by atoms with van der Waals surface area (Å²) in [7, 11) is 0. The van der Waals surface area contributed by atoms with Gasteiger partial charge in [0.05, 0.1) is 22.5 Å². The van der Waals surface area contributed by atoms with Crippen LogP contribution < -0.4 is 0 Å². The zero-order chi connectivity index (χ0) is 41.2. The first-order chi connectivity index (χ1) is 29.2. The number of aryl methyl sites for hydroxylation is 3. The van der Waals surface area contributed by atoms with Crippen molar-refractivity contribution in [3.8, 4) is 61.7 Å². The Labute approximate surface area is 361 Å². The molecule has 0 N–H and O–H groups in total. The van der Waals surface area contributed by atoms with Gasteiger partial charge in [-0.05, 0) is 77.5 Å². The summed E-state index contributed by atoms with van der Waals surface area (Å²) in [6.45, 7) is 2.29. The minimum atomic E-state index is -2.09. The molecule has 7 aromatic carbocycles. The molecule has 0 unspecified atom stereocenters. The van der Waals surface area contributed by atoms with E-state index < -0.39 is 6.85 Å². The smallest absolute Gasteiger partial charge is 0.0774 e. The SMILES string of the molecule is Cc1cccc(C)c1-c1ccc2s[c-]c(-c3nc4ccccc4n3-c3c(-c4ccccc4)cccc3-c3ccccc3)c2c1.[2H]C([2H])([2H])c1ccc(-c2[c-]cccc2)nc1.[Ir]. The Bertz CT molecular complexity index is 3010. The fraction of sp³-hybridized carbons (Fsp3) is 0.0566. The standard InChI is InChI=1S/C41H29N2S.C12H10N.Ir/c1-27-13-11-14-28(2)39(27)31-23-24-38-34(25-31)35(26-44-38)41-42-36-21-9-10-22-37(36)43(41)40-32(29-15-5-3-6-16-29)19-12-20-33(40)30-17-7-4-8-18-30;1-10-7-8-12(13-9-10)11-5-3-2-4-6-11;/h3-25H,1-2H3;2-5,7-9H,1H3;/q2*-1;/i;1D3;. The molecule has 0 spiro atoms. The van der Waals surface area contributed by atoms with Crippen LogP contribution in [-0.4, -0.2) is 14.5 Å². The number of nitrogens with zero attached hydrogens (tertiary/aromatic N) is 3. The summed E-state index contributed by atoms with van der Waals surface area (Å²) in [5.41, 5.74) is 15.7. The number of hydrogen-bond acceptors (Lipinski definition) is 3. The number of fused-ring (bicyclic) bond motifs is 2. The van der Waals surface area contributed by atoms with Gasteiger partial charge in [0.25, 0.3) is 0 Å². The summed E-state index contributed by atoms with van der Waals surface area (Å²) in [5.74, 6) is 0.900. The van der Waals surface area contributed by atoms with E-state index in [0.717, 1.165) is 50.5 Å². The van der Waals surface area contributed by atoms with E-state index in [1.54, 1.807) is 29.5 Å². The molecule has 10 rings (SSSR count). The van der Waals surface area contributed by atoms with E-state index in [2.05, 4.69) is 174 Å². The van der Waals surface area contributed by atoms with Gasteiger partial charge in [0.15, 0.2) is 0 Å². The number of pyridine rings is 1. The molecule has 0 bridgehead atoms. The Balaban J connectivity index is 0.000000255. The molecule has 0 saturated heterocycles. The van der Waals surface area contributed by atoms with Crippen LogP contribution in [0, 0.1) is 32.1 Å². The molecule has 5 heteroatoms. The number of aromatic nitrogens is 3. The van der Waals surface area contributed by atoms with Crippen LogP contribution in [0.4, 0.5) is 0 Å². The molecule has 0 amide bonds. The molecule has 0 fully saturated rings. The van der Waals surface area contributed by atoms with Crippen molar-refractivity contribution in [1.82, 2.24) is 14.5 Å². The van der Waals surface area contributed by atoms with Gasteiger partial charge in [-0.1, -0.05) is 155 Å². The molecular formula is C53H39IrN3S-2. The summed E-state index contributed by atoms with van der Waals surface area (Å²) in [6.07, 6.45) is 1.39. The predicted octanol–water partition coefficient (Wildman–Crippen LogP) is 14.2. The Morgan fingerprint density at radius 1 is 0.638 bits per heavy atom. The largest absolute Gasteiger partial charge is 0.332 e. The number of thiophene rings is 1. The third-order valence-corrected chi connectivity index (χ3v) is 11.1.